The third kappa shape index (κ3) is 3.05. The van der Waals surface area contributed by atoms with Crippen molar-refractivity contribution in [2.45, 2.75) is 13.8 Å². The van der Waals surface area contributed by atoms with Crippen molar-refractivity contribution in [1.82, 2.24) is 0 Å². The van der Waals surface area contributed by atoms with Crippen LogP contribution in [0.5, 0.6) is 5.75 Å². The van der Waals surface area contributed by atoms with Gasteiger partial charge in [0.05, 0.1) is 6.61 Å². The van der Waals surface area contributed by atoms with Crippen LogP contribution in [-0.4, -0.2) is 13.6 Å². The van der Waals surface area contributed by atoms with Crippen molar-refractivity contribution in [2.24, 2.45) is 0 Å². The first kappa shape index (κ1) is 12.7. The van der Waals surface area contributed by atoms with E-state index < -0.39 is 19.1 Å². The summed E-state index contributed by atoms with van der Waals surface area (Å²) in [4.78, 5) is 0. The van der Waals surface area contributed by atoms with Gasteiger partial charge >= 0.3 is 6.98 Å². The molecule has 1 rings (SSSR count). The van der Waals surface area contributed by atoms with Crippen molar-refractivity contribution in [3.63, 3.8) is 0 Å². The standard InChI is InChI=1S/C11H13BF3O/c1-8-5-4-6-11(10(8)3)16-7-9(2)12(13,14)15/h4-6H,2,7H2,1,3H3/q-1. The molecule has 0 aliphatic rings. The molecule has 0 N–H and O–H groups in total. The Morgan fingerprint density at radius 3 is 2.50 bits per heavy atom. The highest BCUT2D eigenvalue weighted by Gasteiger charge is 2.27. The van der Waals surface area contributed by atoms with Gasteiger partial charge in [-0.1, -0.05) is 12.1 Å². The van der Waals surface area contributed by atoms with Crippen molar-refractivity contribution in [1.29, 1.82) is 0 Å². The molecule has 0 saturated heterocycles. The number of benzene rings is 1. The number of rotatable bonds is 4. The van der Waals surface area contributed by atoms with Crippen molar-refractivity contribution >= 4 is 6.98 Å². The first-order valence-corrected chi connectivity index (χ1v) is 4.89. The summed E-state index contributed by atoms with van der Waals surface area (Å²) in [6.45, 7) is 1.15. The fraction of sp³-hybridized carbons (Fsp3) is 0.273. The second kappa shape index (κ2) is 4.64. The molecule has 1 aromatic rings. The van der Waals surface area contributed by atoms with Gasteiger partial charge in [0.1, 0.15) is 5.75 Å². The molecule has 0 atom stereocenters. The van der Waals surface area contributed by atoms with Crippen LogP contribution < -0.4 is 4.74 Å². The van der Waals surface area contributed by atoms with Gasteiger partial charge in [0.15, 0.2) is 0 Å². The highest BCUT2D eigenvalue weighted by Crippen LogP contribution is 2.23. The van der Waals surface area contributed by atoms with Crippen molar-refractivity contribution < 1.29 is 17.7 Å². The third-order valence-corrected chi connectivity index (χ3v) is 2.43. The molecule has 88 valence electrons. The molecule has 0 amide bonds. The number of aryl methyl sites for hydroxylation is 1. The smallest absolute Gasteiger partial charge is 0.492 e. The van der Waals surface area contributed by atoms with E-state index in [1.165, 1.54) is 0 Å². The number of ether oxygens (including phenoxy) is 1. The van der Waals surface area contributed by atoms with Crippen molar-refractivity contribution in [3.8, 4) is 5.75 Å². The molecule has 0 unspecified atom stereocenters. The number of hydrogen-bond acceptors (Lipinski definition) is 1. The van der Waals surface area contributed by atoms with E-state index in [1.54, 1.807) is 12.1 Å². The largest absolute Gasteiger partial charge is 0.508 e. The highest BCUT2D eigenvalue weighted by atomic mass is 19.4. The molecule has 0 aliphatic carbocycles. The second-order valence-electron chi connectivity index (χ2n) is 3.72. The van der Waals surface area contributed by atoms with E-state index in [-0.39, 0.29) is 0 Å². The molecular formula is C11H13BF3O-. The molecule has 0 heterocycles. The summed E-state index contributed by atoms with van der Waals surface area (Å²) in [5, 5.41) is 0. The molecule has 0 fully saturated rings. The van der Waals surface area contributed by atoms with Gasteiger partial charge in [0, 0.05) is 0 Å². The Morgan fingerprint density at radius 2 is 1.94 bits per heavy atom. The van der Waals surface area contributed by atoms with E-state index in [1.807, 2.05) is 19.9 Å². The Bertz CT molecular complexity index is 399. The van der Waals surface area contributed by atoms with Gasteiger partial charge in [-0.15, -0.1) is 12.1 Å². The van der Waals surface area contributed by atoms with Crippen LogP contribution in [0.3, 0.4) is 0 Å². The summed E-state index contributed by atoms with van der Waals surface area (Å²) in [6, 6.07) is 5.28. The summed E-state index contributed by atoms with van der Waals surface area (Å²) < 4.78 is 41.7. The summed E-state index contributed by atoms with van der Waals surface area (Å²) in [7, 11) is 0. The van der Waals surface area contributed by atoms with E-state index in [0.717, 1.165) is 11.1 Å². The Balaban J connectivity index is 2.69. The number of hydrogen-bond donors (Lipinski definition) is 0. The Morgan fingerprint density at radius 1 is 1.31 bits per heavy atom. The molecule has 0 bridgehead atoms. The maximum Gasteiger partial charge on any atom is 0.508 e. The minimum Gasteiger partial charge on any atom is -0.492 e. The van der Waals surface area contributed by atoms with Gasteiger partial charge in [0.2, 0.25) is 0 Å². The van der Waals surface area contributed by atoms with Gasteiger partial charge in [-0.25, -0.2) is 0 Å². The Hall–Kier alpha value is -1.39. The van der Waals surface area contributed by atoms with Gasteiger partial charge in [-0.3, -0.25) is 0 Å². The molecule has 0 spiro atoms. The summed E-state index contributed by atoms with van der Waals surface area (Å²) in [5.41, 5.74) is 1.02. The molecule has 0 aromatic heterocycles. The summed E-state index contributed by atoms with van der Waals surface area (Å²) in [5.74, 6) is 0.473. The lowest BCUT2D eigenvalue weighted by molar-refractivity contribution is 0.344. The number of halogens is 3. The van der Waals surface area contributed by atoms with Gasteiger partial charge in [0.25, 0.3) is 0 Å². The van der Waals surface area contributed by atoms with Crippen LogP contribution in [0.4, 0.5) is 12.9 Å². The average molecular weight is 229 g/mol. The highest BCUT2D eigenvalue weighted by molar-refractivity contribution is 6.66. The Labute approximate surface area is 93.0 Å². The van der Waals surface area contributed by atoms with Gasteiger partial charge in [-0.05, 0) is 31.0 Å². The van der Waals surface area contributed by atoms with E-state index in [9.17, 15) is 12.9 Å². The van der Waals surface area contributed by atoms with Crippen molar-refractivity contribution in [3.05, 3.63) is 41.4 Å². The van der Waals surface area contributed by atoms with E-state index in [4.69, 9.17) is 4.74 Å². The van der Waals surface area contributed by atoms with E-state index >= 15 is 0 Å². The predicted molar refractivity (Wildman–Crippen MR) is 59.6 cm³/mol. The maximum atomic E-state index is 12.2. The predicted octanol–water partition coefficient (Wildman–Crippen LogP) is 3.63. The molecule has 0 aliphatic heterocycles. The SMILES string of the molecule is C=C(COc1cccc(C)c1C)[B-](F)(F)F. The monoisotopic (exact) mass is 229 g/mol. The first-order chi connectivity index (χ1) is 7.32. The molecule has 5 heteroatoms. The van der Waals surface area contributed by atoms with Crippen LogP contribution in [0.2, 0.25) is 0 Å². The van der Waals surface area contributed by atoms with E-state index in [0.29, 0.717) is 5.75 Å². The zero-order valence-electron chi connectivity index (χ0n) is 9.27. The molecule has 1 nitrogen and oxygen atoms in total. The normalized spacial score (nSPS) is 11.3. The fourth-order valence-corrected chi connectivity index (χ4v) is 1.15. The molecule has 0 saturated carbocycles. The van der Waals surface area contributed by atoms with E-state index in [2.05, 4.69) is 6.58 Å². The minimum absolute atomic E-state index is 0.473. The average Bonchev–Trinajstić information content (AvgIpc) is 2.18. The third-order valence-electron chi connectivity index (χ3n) is 2.43. The zero-order chi connectivity index (χ0) is 12.3. The molecule has 1 aromatic carbocycles. The van der Waals surface area contributed by atoms with Crippen LogP contribution in [0, 0.1) is 13.8 Å². The topological polar surface area (TPSA) is 9.23 Å². The summed E-state index contributed by atoms with van der Waals surface area (Å²) in [6.07, 6.45) is 0. The molecular weight excluding hydrogens is 216 g/mol. The van der Waals surface area contributed by atoms with Crippen LogP contribution >= 0.6 is 0 Å². The van der Waals surface area contributed by atoms with Gasteiger partial charge < -0.3 is 17.7 Å². The Kier molecular flexibility index (Phi) is 3.68. The lowest BCUT2D eigenvalue weighted by atomic mass is 9.81. The van der Waals surface area contributed by atoms with Crippen LogP contribution in [0.15, 0.2) is 30.3 Å². The van der Waals surface area contributed by atoms with Crippen LogP contribution in [0.1, 0.15) is 11.1 Å². The molecule has 0 radical (unpaired) electrons. The fourth-order valence-electron chi connectivity index (χ4n) is 1.15. The summed E-state index contributed by atoms with van der Waals surface area (Å²) >= 11 is 0. The van der Waals surface area contributed by atoms with Gasteiger partial charge in [-0.2, -0.15) is 0 Å². The van der Waals surface area contributed by atoms with Crippen molar-refractivity contribution in [2.75, 3.05) is 6.61 Å². The van der Waals surface area contributed by atoms with Crippen LogP contribution in [0.25, 0.3) is 0 Å². The minimum atomic E-state index is -5.01. The van der Waals surface area contributed by atoms with Crippen LogP contribution in [-0.2, 0) is 0 Å². The lowest BCUT2D eigenvalue weighted by Gasteiger charge is -2.19. The maximum absolute atomic E-state index is 12.2. The second-order valence-corrected chi connectivity index (χ2v) is 3.72. The molecule has 16 heavy (non-hydrogen) atoms. The first-order valence-electron chi connectivity index (χ1n) is 4.89. The quantitative estimate of drug-likeness (QED) is 0.716. The lowest BCUT2D eigenvalue weighted by Crippen LogP contribution is -2.23. The zero-order valence-corrected chi connectivity index (χ0v) is 9.27.